The number of carbonyl (C=O) groups is 1. The second-order valence-corrected chi connectivity index (χ2v) is 7.33. The summed E-state index contributed by atoms with van der Waals surface area (Å²) in [6.07, 6.45) is 1.01. The van der Waals surface area contributed by atoms with E-state index >= 15 is 0 Å². The lowest BCUT2D eigenvalue weighted by atomic mass is 10.1. The van der Waals surface area contributed by atoms with E-state index in [1.165, 1.54) is 28.7 Å². The number of anilines is 1. The van der Waals surface area contributed by atoms with Gasteiger partial charge < -0.3 is 10.4 Å². The quantitative estimate of drug-likeness (QED) is 0.611. The number of carbonyl (C=O) groups excluding carboxylic acids is 1. The van der Waals surface area contributed by atoms with Crippen molar-refractivity contribution in [1.29, 1.82) is 0 Å². The predicted octanol–water partition coefficient (Wildman–Crippen LogP) is 4.81. The third kappa shape index (κ3) is 4.84. The van der Waals surface area contributed by atoms with Crippen LogP contribution in [0.2, 0.25) is 0 Å². The smallest absolute Gasteiger partial charge is 0.236 e. The van der Waals surface area contributed by atoms with Crippen LogP contribution in [0.3, 0.4) is 0 Å². The predicted molar refractivity (Wildman–Crippen MR) is 104 cm³/mol. The number of aromatic nitrogens is 1. The number of amides is 1. The molecule has 25 heavy (non-hydrogen) atoms. The number of phenols is 1. The number of aromatic hydroxyl groups is 1. The Labute approximate surface area is 154 Å². The van der Waals surface area contributed by atoms with Gasteiger partial charge in [-0.1, -0.05) is 31.2 Å². The molecule has 0 unspecified atom stereocenters. The largest absolute Gasteiger partial charge is 0.508 e. The van der Waals surface area contributed by atoms with Gasteiger partial charge in [0.15, 0.2) is 5.13 Å². The number of nitrogens with one attached hydrogen (secondary N) is 1. The highest BCUT2D eigenvalue weighted by Gasteiger charge is 2.09. The Bertz CT molecular complexity index is 843. The van der Waals surface area contributed by atoms with Crippen LogP contribution in [0, 0.1) is 0 Å². The summed E-state index contributed by atoms with van der Waals surface area (Å²) in [7, 11) is 0. The van der Waals surface area contributed by atoms with E-state index < -0.39 is 0 Å². The highest BCUT2D eigenvalue weighted by Crippen LogP contribution is 2.26. The van der Waals surface area contributed by atoms with Crippen molar-refractivity contribution >= 4 is 34.1 Å². The maximum atomic E-state index is 12.1. The molecule has 0 aliphatic rings. The fraction of sp³-hybridized carbons (Fsp3) is 0.158. The molecule has 0 saturated heterocycles. The van der Waals surface area contributed by atoms with Crippen molar-refractivity contribution in [3.05, 3.63) is 59.5 Å². The van der Waals surface area contributed by atoms with E-state index in [1.807, 2.05) is 5.38 Å². The van der Waals surface area contributed by atoms with Gasteiger partial charge in [0.1, 0.15) is 5.75 Å². The average Bonchev–Trinajstić information content (AvgIpc) is 3.10. The van der Waals surface area contributed by atoms with E-state index in [2.05, 4.69) is 41.5 Å². The molecule has 2 aromatic carbocycles. The molecule has 3 rings (SSSR count). The van der Waals surface area contributed by atoms with Gasteiger partial charge >= 0.3 is 0 Å². The normalized spacial score (nSPS) is 10.6. The molecule has 0 bridgehead atoms. The van der Waals surface area contributed by atoms with E-state index in [0.717, 1.165) is 22.6 Å². The van der Waals surface area contributed by atoms with Crippen molar-refractivity contribution in [2.75, 3.05) is 11.1 Å². The molecular formula is C19H18N2O2S2. The van der Waals surface area contributed by atoms with Crippen LogP contribution in [0.15, 0.2) is 58.8 Å². The minimum atomic E-state index is -0.0969. The number of thiazole rings is 1. The second-order valence-electron chi connectivity index (χ2n) is 5.42. The second kappa shape index (κ2) is 8.18. The maximum absolute atomic E-state index is 12.1. The van der Waals surface area contributed by atoms with Crippen LogP contribution in [0.5, 0.6) is 5.75 Å². The SMILES string of the molecule is CCc1ccc(-c2csc(NC(=O)CSc3ccc(O)cc3)n2)cc1. The highest BCUT2D eigenvalue weighted by atomic mass is 32.2. The van der Waals surface area contributed by atoms with Gasteiger partial charge in [-0.15, -0.1) is 23.1 Å². The van der Waals surface area contributed by atoms with Crippen molar-refractivity contribution in [3.8, 4) is 17.0 Å². The van der Waals surface area contributed by atoms with Crippen LogP contribution in [-0.4, -0.2) is 21.8 Å². The molecule has 3 aromatic rings. The Hall–Kier alpha value is -2.31. The van der Waals surface area contributed by atoms with Crippen LogP contribution in [0.25, 0.3) is 11.3 Å². The fourth-order valence-electron chi connectivity index (χ4n) is 2.22. The van der Waals surface area contributed by atoms with E-state index in [4.69, 9.17) is 0 Å². The zero-order chi connectivity index (χ0) is 17.6. The molecule has 1 aromatic heterocycles. The van der Waals surface area contributed by atoms with Gasteiger partial charge in [0.2, 0.25) is 5.91 Å². The number of nitrogens with zero attached hydrogens (tertiary/aromatic N) is 1. The minimum Gasteiger partial charge on any atom is -0.508 e. The molecule has 0 aliphatic heterocycles. The molecule has 0 radical (unpaired) electrons. The number of aryl methyl sites for hydroxylation is 1. The molecule has 0 saturated carbocycles. The Morgan fingerprint density at radius 2 is 1.88 bits per heavy atom. The van der Waals surface area contributed by atoms with Gasteiger partial charge in [-0.2, -0.15) is 0 Å². The lowest BCUT2D eigenvalue weighted by molar-refractivity contribution is -0.113. The first-order valence-corrected chi connectivity index (χ1v) is 9.77. The monoisotopic (exact) mass is 370 g/mol. The van der Waals surface area contributed by atoms with Crippen LogP contribution in [0.1, 0.15) is 12.5 Å². The molecule has 1 heterocycles. The summed E-state index contributed by atoms with van der Waals surface area (Å²) < 4.78 is 0. The van der Waals surface area contributed by atoms with Gasteiger partial charge in [-0.3, -0.25) is 4.79 Å². The van der Waals surface area contributed by atoms with Crippen molar-refractivity contribution in [3.63, 3.8) is 0 Å². The van der Waals surface area contributed by atoms with E-state index in [0.29, 0.717) is 10.9 Å². The number of phenolic OH excluding ortho intramolecular Hbond substituents is 1. The summed E-state index contributed by atoms with van der Waals surface area (Å²) in [5.74, 6) is 0.418. The third-order valence-electron chi connectivity index (χ3n) is 3.62. The number of thioether (sulfide) groups is 1. The van der Waals surface area contributed by atoms with Crippen molar-refractivity contribution in [2.45, 2.75) is 18.2 Å². The molecule has 0 spiro atoms. The molecule has 1 amide bonds. The molecule has 2 N–H and O–H groups in total. The van der Waals surface area contributed by atoms with Crippen molar-refractivity contribution in [2.24, 2.45) is 0 Å². The minimum absolute atomic E-state index is 0.0969. The molecule has 128 valence electrons. The summed E-state index contributed by atoms with van der Waals surface area (Å²) >= 11 is 2.84. The molecule has 0 fully saturated rings. The highest BCUT2D eigenvalue weighted by molar-refractivity contribution is 8.00. The number of hydrogen-bond donors (Lipinski definition) is 2. The van der Waals surface area contributed by atoms with E-state index in [1.54, 1.807) is 24.3 Å². The van der Waals surface area contributed by atoms with Gasteiger partial charge in [-0.05, 0) is 36.2 Å². The van der Waals surface area contributed by atoms with Crippen molar-refractivity contribution in [1.82, 2.24) is 4.98 Å². The van der Waals surface area contributed by atoms with Crippen molar-refractivity contribution < 1.29 is 9.90 Å². The molecular weight excluding hydrogens is 352 g/mol. The van der Waals surface area contributed by atoms with Crippen LogP contribution in [0.4, 0.5) is 5.13 Å². The van der Waals surface area contributed by atoms with Crippen LogP contribution in [-0.2, 0) is 11.2 Å². The third-order valence-corrected chi connectivity index (χ3v) is 5.38. The first-order valence-electron chi connectivity index (χ1n) is 7.90. The molecule has 6 heteroatoms. The Morgan fingerprint density at radius 1 is 1.16 bits per heavy atom. The number of hydrogen-bond acceptors (Lipinski definition) is 5. The summed E-state index contributed by atoms with van der Waals surface area (Å²) in [5, 5.41) is 14.6. The van der Waals surface area contributed by atoms with Crippen LogP contribution >= 0.6 is 23.1 Å². The zero-order valence-electron chi connectivity index (χ0n) is 13.7. The van der Waals surface area contributed by atoms with Gasteiger partial charge in [0.25, 0.3) is 0 Å². The first kappa shape index (κ1) is 17.5. The Kier molecular flexibility index (Phi) is 5.73. The topological polar surface area (TPSA) is 62.2 Å². The van der Waals surface area contributed by atoms with E-state index in [-0.39, 0.29) is 11.7 Å². The van der Waals surface area contributed by atoms with Gasteiger partial charge in [0, 0.05) is 15.8 Å². The summed E-state index contributed by atoms with van der Waals surface area (Å²) in [6.45, 7) is 2.13. The standard InChI is InChI=1S/C19H18N2O2S2/c1-2-13-3-5-14(6-4-13)17-11-25-19(20-17)21-18(23)12-24-16-9-7-15(22)8-10-16/h3-11,22H,2,12H2,1H3,(H,20,21,23). The van der Waals surface area contributed by atoms with Gasteiger partial charge in [-0.25, -0.2) is 4.98 Å². The molecule has 0 atom stereocenters. The summed E-state index contributed by atoms with van der Waals surface area (Å²) in [5.41, 5.74) is 3.21. The summed E-state index contributed by atoms with van der Waals surface area (Å²) in [4.78, 5) is 17.5. The molecule has 4 nitrogen and oxygen atoms in total. The maximum Gasteiger partial charge on any atom is 0.236 e. The lowest BCUT2D eigenvalue weighted by Gasteiger charge is -2.02. The summed E-state index contributed by atoms with van der Waals surface area (Å²) in [6, 6.07) is 15.1. The zero-order valence-corrected chi connectivity index (χ0v) is 15.4. The number of rotatable bonds is 6. The van der Waals surface area contributed by atoms with Crippen LogP contribution < -0.4 is 5.32 Å². The average molecular weight is 370 g/mol. The molecule has 0 aliphatic carbocycles. The lowest BCUT2D eigenvalue weighted by Crippen LogP contribution is -2.13. The Morgan fingerprint density at radius 3 is 2.56 bits per heavy atom. The Balaban J connectivity index is 1.56. The number of benzene rings is 2. The first-order chi connectivity index (χ1) is 12.1. The van der Waals surface area contributed by atoms with Gasteiger partial charge in [0.05, 0.1) is 11.4 Å². The van der Waals surface area contributed by atoms with E-state index in [9.17, 15) is 9.90 Å². The fourth-order valence-corrected chi connectivity index (χ4v) is 3.66.